The number of fused-ring (bicyclic) bond motifs is 11. The molecule has 0 saturated carbocycles. The zero-order valence-electron chi connectivity index (χ0n) is 56.3. The van der Waals surface area contributed by atoms with Crippen molar-refractivity contribution in [3.05, 3.63) is 467 Å². The molecule has 2 aliphatic carbocycles. The van der Waals surface area contributed by atoms with Crippen LogP contribution in [0.4, 0.5) is 34.1 Å². The lowest BCUT2D eigenvalue weighted by Crippen LogP contribution is -2.34. The first-order valence-electron chi connectivity index (χ1n) is 35.5. The minimum atomic E-state index is -0.874. The van der Waals surface area contributed by atoms with Crippen molar-refractivity contribution < 1.29 is 4.74 Å². The molecule has 0 amide bonds. The van der Waals surface area contributed by atoms with Crippen LogP contribution in [-0.4, -0.2) is 0 Å². The molecular formula is C99H66N2OS. The van der Waals surface area contributed by atoms with Gasteiger partial charge in [-0.05, 0) is 180 Å². The lowest BCUT2D eigenvalue weighted by Gasteiger charge is -2.42. The smallest absolute Gasteiger partial charge is 0.132 e. The van der Waals surface area contributed by atoms with Crippen molar-refractivity contribution in [2.24, 2.45) is 0 Å². The van der Waals surface area contributed by atoms with Crippen LogP contribution in [0.5, 0.6) is 11.5 Å². The predicted molar refractivity (Wildman–Crippen MR) is 427 cm³/mol. The van der Waals surface area contributed by atoms with E-state index in [9.17, 15) is 0 Å². The van der Waals surface area contributed by atoms with Gasteiger partial charge in [-0.15, -0.1) is 11.3 Å². The molecule has 1 aromatic heterocycles. The summed E-state index contributed by atoms with van der Waals surface area (Å²) in [5.74, 6) is 1.62. The SMILES string of the molecule is c1ccc(-c2ccc(N(c3ccc(C4(c5ccccc5)c5ccccc5Oc5ccc(N(c6cccc(C7(c8ccccc8)c8ccccc8-c8ccccc87)c6)c6ccc7c(c6)sc6ccccc67)cc54)cc3)c3ccc(C4(c5ccccc5)c5ccccc5-c5ccccc54)cc3)cc2)cc1. The quantitative estimate of drug-likeness (QED) is 0.114. The number of rotatable bonds is 13. The van der Waals surface area contributed by atoms with Crippen LogP contribution >= 0.6 is 11.3 Å². The standard InChI is InChI=1S/C99H66N2OS/c1-5-26-67(27-6-1)68-48-54-75(55-49-68)100(76-56-50-72(51-57-76)97(69-28-7-2-8-29-69)87-41-18-13-36-81(87)82-37-14-19-42-88(82)97)77-58-52-73(53-59-77)98(70-30-9-3-10-31-70)91-45-22-23-46-93(91)102-94-63-61-79(65-92(94)98)101(80-60-62-86-85-40-17-24-47-95(85)103-96(86)66-80)78-35-25-34-74(64-78)99(71-32-11-4-12-33-71)89-43-20-15-38-83(89)84-39-16-21-44-90(84)99/h1-66H. The summed E-state index contributed by atoms with van der Waals surface area (Å²) in [6, 6.07) is 149. The number of para-hydroxylation sites is 1. The van der Waals surface area contributed by atoms with Gasteiger partial charge in [0.15, 0.2) is 0 Å². The second-order valence-corrected chi connectivity index (χ2v) is 28.4. The Morgan fingerprint density at radius 2 is 0.553 bits per heavy atom. The van der Waals surface area contributed by atoms with Crippen LogP contribution in [0.15, 0.2) is 400 Å². The monoisotopic (exact) mass is 1330 g/mol. The maximum Gasteiger partial charge on any atom is 0.132 e. The van der Waals surface area contributed by atoms with E-state index in [0.29, 0.717) is 0 Å². The Morgan fingerprint density at radius 1 is 0.204 bits per heavy atom. The summed E-state index contributed by atoms with van der Waals surface area (Å²) in [5.41, 5.74) is 25.9. The molecule has 0 bridgehead atoms. The summed E-state index contributed by atoms with van der Waals surface area (Å²) in [6.07, 6.45) is 0. The van der Waals surface area contributed by atoms with E-state index in [1.165, 1.54) is 92.5 Å². The van der Waals surface area contributed by atoms with Crippen molar-refractivity contribution in [2.75, 3.05) is 9.80 Å². The Balaban J connectivity index is 0.774. The number of hydrogen-bond acceptors (Lipinski definition) is 4. The minimum Gasteiger partial charge on any atom is -0.457 e. The van der Waals surface area contributed by atoms with Crippen molar-refractivity contribution in [3.8, 4) is 44.9 Å². The fourth-order valence-electron chi connectivity index (χ4n) is 17.8. The molecule has 0 radical (unpaired) electrons. The Morgan fingerprint density at radius 3 is 1.10 bits per heavy atom. The van der Waals surface area contributed by atoms with Crippen LogP contribution < -0.4 is 14.5 Å². The molecule has 103 heavy (non-hydrogen) atoms. The van der Waals surface area contributed by atoms with E-state index < -0.39 is 16.2 Å². The highest BCUT2D eigenvalue weighted by molar-refractivity contribution is 7.25. The highest BCUT2D eigenvalue weighted by Crippen LogP contribution is 2.61. The van der Waals surface area contributed by atoms with Crippen LogP contribution in [0.25, 0.3) is 53.6 Å². The molecule has 17 aromatic rings. The summed E-state index contributed by atoms with van der Waals surface area (Å²) in [6.45, 7) is 0. The lowest BCUT2D eigenvalue weighted by molar-refractivity contribution is 0.434. The molecule has 3 nitrogen and oxygen atoms in total. The summed E-state index contributed by atoms with van der Waals surface area (Å²) in [5, 5.41) is 2.52. The molecule has 1 unspecified atom stereocenters. The first kappa shape index (κ1) is 60.1. The van der Waals surface area contributed by atoms with Crippen molar-refractivity contribution in [1.82, 2.24) is 0 Å². The molecule has 2 heterocycles. The summed E-state index contributed by atoms with van der Waals surface area (Å²) >= 11 is 1.85. The van der Waals surface area contributed by atoms with Gasteiger partial charge in [0.05, 0.1) is 16.2 Å². The van der Waals surface area contributed by atoms with Gasteiger partial charge in [0, 0.05) is 65.4 Å². The molecule has 16 aromatic carbocycles. The fourth-order valence-corrected chi connectivity index (χ4v) is 19.0. The van der Waals surface area contributed by atoms with Crippen LogP contribution in [0.3, 0.4) is 0 Å². The first-order chi connectivity index (χ1) is 51.1. The third-order valence-electron chi connectivity index (χ3n) is 22.2. The first-order valence-corrected chi connectivity index (χ1v) is 36.3. The largest absolute Gasteiger partial charge is 0.457 e. The number of nitrogens with zero attached hydrogens (tertiary/aromatic N) is 2. The van der Waals surface area contributed by atoms with E-state index >= 15 is 0 Å². The fraction of sp³-hybridized carbons (Fsp3) is 0.0303. The van der Waals surface area contributed by atoms with Crippen LogP contribution in [-0.2, 0) is 16.2 Å². The highest BCUT2D eigenvalue weighted by Gasteiger charge is 2.49. The molecule has 484 valence electrons. The molecule has 3 aliphatic rings. The molecule has 1 aliphatic heterocycles. The molecule has 0 N–H and O–H groups in total. The predicted octanol–water partition coefficient (Wildman–Crippen LogP) is 25.9. The van der Waals surface area contributed by atoms with Gasteiger partial charge >= 0.3 is 0 Å². The Bertz CT molecular complexity index is 6000. The summed E-state index contributed by atoms with van der Waals surface area (Å²) in [4.78, 5) is 4.90. The minimum absolute atomic E-state index is 0.535. The average molecular weight is 1330 g/mol. The topological polar surface area (TPSA) is 15.7 Å². The second-order valence-electron chi connectivity index (χ2n) is 27.3. The number of thiophene rings is 1. The highest BCUT2D eigenvalue weighted by atomic mass is 32.1. The third kappa shape index (κ3) is 9.21. The van der Waals surface area contributed by atoms with E-state index in [4.69, 9.17) is 4.74 Å². The molecule has 0 spiro atoms. The number of ether oxygens (including phenoxy) is 1. The number of hydrogen-bond donors (Lipinski definition) is 0. The lowest BCUT2D eigenvalue weighted by atomic mass is 9.63. The Kier molecular flexibility index (Phi) is 14.1. The zero-order valence-corrected chi connectivity index (χ0v) is 57.1. The Labute approximate surface area is 604 Å². The van der Waals surface area contributed by atoms with Gasteiger partial charge in [-0.2, -0.15) is 0 Å². The molecule has 4 heteroatoms. The average Bonchev–Trinajstić information content (AvgIpc) is 1.63. The zero-order chi connectivity index (χ0) is 68.1. The van der Waals surface area contributed by atoms with Crippen LogP contribution in [0.2, 0.25) is 0 Å². The van der Waals surface area contributed by atoms with E-state index in [1.807, 2.05) is 11.3 Å². The number of anilines is 6. The van der Waals surface area contributed by atoms with E-state index in [-0.39, 0.29) is 0 Å². The maximum absolute atomic E-state index is 7.24. The van der Waals surface area contributed by atoms with Gasteiger partial charge in [0.2, 0.25) is 0 Å². The Hall–Kier alpha value is -12.9. The van der Waals surface area contributed by atoms with Gasteiger partial charge in [0.25, 0.3) is 0 Å². The van der Waals surface area contributed by atoms with Crippen LogP contribution in [0, 0.1) is 0 Å². The normalized spacial score (nSPS) is 14.7. The van der Waals surface area contributed by atoms with Crippen molar-refractivity contribution in [1.29, 1.82) is 0 Å². The van der Waals surface area contributed by atoms with Gasteiger partial charge in [-0.3, -0.25) is 0 Å². The van der Waals surface area contributed by atoms with Crippen molar-refractivity contribution in [3.63, 3.8) is 0 Å². The molecule has 0 fully saturated rings. The summed E-state index contributed by atoms with van der Waals surface area (Å²) in [7, 11) is 0. The maximum atomic E-state index is 7.24. The second kappa shape index (κ2) is 24.2. The van der Waals surface area contributed by atoms with Crippen molar-refractivity contribution in [2.45, 2.75) is 16.2 Å². The van der Waals surface area contributed by atoms with Crippen molar-refractivity contribution >= 4 is 65.6 Å². The summed E-state index contributed by atoms with van der Waals surface area (Å²) < 4.78 is 9.74. The molecule has 20 rings (SSSR count). The van der Waals surface area contributed by atoms with Crippen LogP contribution in [0.1, 0.15) is 66.8 Å². The third-order valence-corrected chi connectivity index (χ3v) is 23.3. The van der Waals surface area contributed by atoms with E-state index in [0.717, 1.165) is 73.4 Å². The van der Waals surface area contributed by atoms with Gasteiger partial charge in [0.1, 0.15) is 11.5 Å². The molecular weight excluding hydrogens is 1270 g/mol. The van der Waals surface area contributed by atoms with E-state index in [2.05, 4.69) is 410 Å². The molecule has 0 saturated heterocycles. The van der Waals surface area contributed by atoms with Gasteiger partial charge in [-0.25, -0.2) is 0 Å². The van der Waals surface area contributed by atoms with Gasteiger partial charge in [-0.1, -0.05) is 309 Å². The number of benzene rings is 16. The molecule has 1 atom stereocenters. The van der Waals surface area contributed by atoms with Gasteiger partial charge < -0.3 is 14.5 Å². The van der Waals surface area contributed by atoms with E-state index in [1.54, 1.807) is 0 Å².